The Hall–Kier alpha value is -3.15. The van der Waals surface area contributed by atoms with Gasteiger partial charge in [-0.3, -0.25) is 4.79 Å². The van der Waals surface area contributed by atoms with E-state index in [9.17, 15) is 4.79 Å². The SMILES string of the molecule is COc1cc(OC)c2cc(C(=O)NCC(C)(C)c3ccccc3)[nH]c2c1OC. The van der Waals surface area contributed by atoms with Crippen LogP contribution >= 0.6 is 0 Å². The number of carbonyl (C=O) groups excluding carboxylic acids is 1. The lowest BCUT2D eigenvalue weighted by atomic mass is 9.84. The summed E-state index contributed by atoms with van der Waals surface area (Å²) in [6.07, 6.45) is 0. The molecule has 6 nitrogen and oxygen atoms in total. The maximum Gasteiger partial charge on any atom is 0.267 e. The molecule has 0 unspecified atom stereocenters. The van der Waals surface area contributed by atoms with Crippen LogP contribution < -0.4 is 19.5 Å². The Labute approximate surface area is 164 Å². The number of carbonyl (C=O) groups is 1. The highest BCUT2D eigenvalue weighted by Gasteiger charge is 2.23. The summed E-state index contributed by atoms with van der Waals surface area (Å²) in [7, 11) is 4.70. The van der Waals surface area contributed by atoms with Crippen LogP contribution in [-0.4, -0.2) is 38.8 Å². The van der Waals surface area contributed by atoms with Crippen LogP contribution in [0.15, 0.2) is 42.5 Å². The third kappa shape index (κ3) is 3.63. The van der Waals surface area contributed by atoms with Crippen molar-refractivity contribution in [1.29, 1.82) is 0 Å². The summed E-state index contributed by atoms with van der Waals surface area (Å²) in [5.41, 5.74) is 2.07. The van der Waals surface area contributed by atoms with Crippen LogP contribution in [0.5, 0.6) is 17.2 Å². The number of fused-ring (bicyclic) bond motifs is 1. The molecule has 0 saturated carbocycles. The molecule has 1 heterocycles. The van der Waals surface area contributed by atoms with Crippen molar-refractivity contribution in [2.24, 2.45) is 0 Å². The molecule has 0 atom stereocenters. The van der Waals surface area contributed by atoms with Crippen LogP contribution in [0, 0.1) is 0 Å². The van der Waals surface area contributed by atoms with Crippen molar-refractivity contribution in [2.75, 3.05) is 27.9 Å². The van der Waals surface area contributed by atoms with E-state index in [1.54, 1.807) is 33.5 Å². The lowest BCUT2D eigenvalue weighted by Gasteiger charge is -2.25. The normalized spacial score (nSPS) is 11.3. The van der Waals surface area contributed by atoms with Crippen LogP contribution in [0.3, 0.4) is 0 Å². The number of ether oxygens (including phenoxy) is 3. The summed E-state index contributed by atoms with van der Waals surface area (Å²) in [5, 5.41) is 3.78. The fraction of sp³-hybridized carbons (Fsp3) is 0.318. The summed E-state index contributed by atoms with van der Waals surface area (Å²) in [6.45, 7) is 4.71. The van der Waals surface area contributed by atoms with Crippen molar-refractivity contribution >= 4 is 16.8 Å². The number of hydrogen-bond acceptors (Lipinski definition) is 4. The average molecular weight is 382 g/mol. The Kier molecular flexibility index (Phi) is 5.49. The van der Waals surface area contributed by atoms with Crippen molar-refractivity contribution in [2.45, 2.75) is 19.3 Å². The topological polar surface area (TPSA) is 72.6 Å². The monoisotopic (exact) mass is 382 g/mol. The molecule has 0 aliphatic heterocycles. The largest absolute Gasteiger partial charge is 0.496 e. The van der Waals surface area contributed by atoms with Crippen LogP contribution in [0.1, 0.15) is 29.9 Å². The number of rotatable bonds is 7. The van der Waals surface area contributed by atoms with E-state index in [2.05, 4.69) is 36.3 Å². The third-order valence-corrected chi connectivity index (χ3v) is 4.93. The first-order chi connectivity index (χ1) is 13.4. The van der Waals surface area contributed by atoms with Gasteiger partial charge < -0.3 is 24.5 Å². The molecule has 3 rings (SSSR count). The first kappa shape index (κ1) is 19.6. The minimum Gasteiger partial charge on any atom is -0.496 e. The van der Waals surface area contributed by atoms with Gasteiger partial charge in [-0.25, -0.2) is 0 Å². The van der Waals surface area contributed by atoms with E-state index in [1.165, 1.54) is 5.56 Å². The van der Waals surface area contributed by atoms with Gasteiger partial charge in [-0.2, -0.15) is 0 Å². The second kappa shape index (κ2) is 7.84. The molecule has 28 heavy (non-hydrogen) atoms. The van der Waals surface area contributed by atoms with E-state index in [1.807, 2.05) is 18.2 Å². The van der Waals surface area contributed by atoms with Crippen LogP contribution in [-0.2, 0) is 5.41 Å². The smallest absolute Gasteiger partial charge is 0.267 e. The molecule has 2 aromatic carbocycles. The van der Waals surface area contributed by atoms with Crippen molar-refractivity contribution in [3.8, 4) is 17.2 Å². The zero-order chi connectivity index (χ0) is 20.3. The van der Waals surface area contributed by atoms with E-state index in [0.29, 0.717) is 35.0 Å². The molecule has 0 fully saturated rings. The molecule has 0 aliphatic rings. The van der Waals surface area contributed by atoms with Gasteiger partial charge in [0.15, 0.2) is 11.5 Å². The second-order valence-electron chi connectivity index (χ2n) is 7.22. The van der Waals surface area contributed by atoms with Crippen LogP contribution in [0.25, 0.3) is 10.9 Å². The molecule has 0 saturated heterocycles. The second-order valence-corrected chi connectivity index (χ2v) is 7.22. The Bertz CT molecular complexity index is 977. The van der Waals surface area contributed by atoms with Crippen LogP contribution in [0.4, 0.5) is 0 Å². The van der Waals surface area contributed by atoms with Gasteiger partial charge in [-0.05, 0) is 11.6 Å². The number of methoxy groups -OCH3 is 3. The van der Waals surface area contributed by atoms with E-state index in [4.69, 9.17) is 14.2 Å². The maximum absolute atomic E-state index is 12.8. The average Bonchev–Trinajstić information content (AvgIpc) is 3.16. The third-order valence-electron chi connectivity index (χ3n) is 4.93. The molecule has 2 N–H and O–H groups in total. The van der Waals surface area contributed by atoms with E-state index in [0.717, 1.165) is 5.39 Å². The molecule has 0 bridgehead atoms. The maximum atomic E-state index is 12.8. The minimum atomic E-state index is -0.193. The van der Waals surface area contributed by atoms with Gasteiger partial charge in [0.05, 0.1) is 26.8 Å². The van der Waals surface area contributed by atoms with E-state index < -0.39 is 0 Å². The fourth-order valence-corrected chi connectivity index (χ4v) is 3.25. The number of hydrogen-bond donors (Lipinski definition) is 2. The van der Waals surface area contributed by atoms with Gasteiger partial charge >= 0.3 is 0 Å². The lowest BCUT2D eigenvalue weighted by Crippen LogP contribution is -2.36. The zero-order valence-corrected chi connectivity index (χ0v) is 16.9. The van der Waals surface area contributed by atoms with Crippen molar-refractivity contribution in [1.82, 2.24) is 10.3 Å². The molecule has 1 aromatic heterocycles. The molecular weight excluding hydrogens is 356 g/mol. The number of benzene rings is 2. The van der Waals surface area contributed by atoms with Gasteiger partial charge in [0.1, 0.15) is 11.4 Å². The summed E-state index contributed by atoms with van der Waals surface area (Å²) < 4.78 is 16.3. The number of amides is 1. The number of aromatic amines is 1. The highest BCUT2D eigenvalue weighted by atomic mass is 16.5. The molecular formula is C22H26N2O4. The van der Waals surface area contributed by atoms with Gasteiger partial charge in [0, 0.05) is 23.4 Å². The molecule has 3 aromatic rings. The van der Waals surface area contributed by atoms with Crippen molar-refractivity contribution in [3.05, 3.63) is 53.7 Å². The lowest BCUT2D eigenvalue weighted by molar-refractivity contribution is 0.0941. The highest BCUT2D eigenvalue weighted by Crippen LogP contribution is 2.41. The Morgan fingerprint density at radius 3 is 2.29 bits per heavy atom. The summed E-state index contributed by atoms with van der Waals surface area (Å²) in [5.74, 6) is 1.48. The predicted octanol–water partition coefficient (Wildman–Crippen LogP) is 3.90. The summed E-state index contributed by atoms with van der Waals surface area (Å²) >= 11 is 0. The molecule has 148 valence electrons. The van der Waals surface area contributed by atoms with E-state index in [-0.39, 0.29) is 11.3 Å². The number of H-pyrrole nitrogens is 1. The molecule has 0 aliphatic carbocycles. The first-order valence-corrected chi connectivity index (χ1v) is 9.06. The quantitative estimate of drug-likeness (QED) is 0.650. The Morgan fingerprint density at radius 1 is 1.00 bits per heavy atom. The van der Waals surface area contributed by atoms with Gasteiger partial charge in [-0.15, -0.1) is 0 Å². The molecule has 0 spiro atoms. The van der Waals surface area contributed by atoms with Gasteiger partial charge in [0.2, 0.25) is 0 Å². The van der Waals surface area contributed by atoms with Crippen LogP contribution in [0.2, 0.25) is 0 Å². The first-order valence-electron chi connectivity index (χ1n) is 9.06. The van der Waals surface area contributed by atoms with Crippen molar-refractivity contribution in [3.63, 3.8) is 0 Å². The number of nitrogens with one attached hydrogen (secondary N) is 2. The Morgan fingerprint density at radius 2 is 1.68 bits per heavy atom. The molecule has 0 radical (unpaired) electrons. The standard InChI is InChI=1S/C22H26N2O4/c1-22(2,14-9-7-6-8-10-14)13-23-21(25)16-11-15-17(26-3)12-18(27-4)20(28-5)19(15)24-16/h6-12,24H,13H2,1-5H3,(H,23,25). The van der Waals surface area contributed by atoms with E-state index >= 15 is 0 Å². The molecule has 1 amide bonds. The number of aromatic nitrogens is 1. The Balaban J connectivity index is 1.88. The highest BCUT2D eigenvalue weighted by molar-refractivity contribution is 6.02. The summed E-state index contributed by atoms with van der Waals surface area (Å²) in [4.78, 5) is 15.9. The minimum absolute atomic E-state index is 0.191. The summed E-state index contributed by atoms with van der Waals surface area (Å²) in [6, 6.07) is 13.6. The molecule has 6 heteroatoms. The van der Waals surface area contributed by atoms with Gasteiger partial charge in [0.25, 0.3) is 5.91 Å². The van der Waals surface area contributed by atoms with Crippen molar-refractivity contribution < 1.29 is 19.0 Å². The fourth-order valence-electron chi connectivity index (χ4n) is 3.25. The van der Waals surface area contributed by atoms with Gasteiger partial charge in [-0.1, -0.05) is 44.2 Å². The predicted molar refractivity (Wildman–Crippen MR) is 110 cm³/mol. The zero-order valence-electron chi connectivity index (χ0n) is 16.9.